The minimum atomic E-state index is -0.597. The molecule has 0 radical (unpaired) electrons. The van der Waals surface area contributed by atoms with Gasteiger partial charge in [0.1, 0.15) is 12.4 Å². The van der Waals surface area contributed by atoms with Gasteiger partial charge in [0.15, 0.2) is 0 Å². The Morgan fingerprint density at radius 1 is 1.18 bits per heavy atom. The first-order valence-corrected chi connectivity index (χ1v) is 14.3. The second-order valence-corrected chi connectivity index (χ2v) is 11.7. The number of ether oxygens (including phenoxy) is 2. The number of ketones is 1. The van der Waals surface area contributed by atoms with Gasteiger partial charge in [-0.15, -0.1) is 0 Å². The van der Waals surface area contributed by atoms with E-state index in [1.54, 1.807) is 0 Å². The quantitative estimate of drug-likeness (QED) is 0.296. The molecule has 4 rings (SSSR count). The second-order valence-electron chi connectivity index (χ2n) is 11.7. The number of amides is 2. The molecule has 206 valence electrons. The van der Waals surface area contributed by atoms with Gasteiger partial charge in [0.2, 0.25) is 5.91 Å². The second kappa shape index (κ2) is 12.4. The minimum Gasteiger partial charge on any atom is -0.447 e. The van der Waals surface area contributed by atoms with E-state index < -0.39 is 11.5 Å². The number of nitrogens with zero attached hydrogens (tertiary/aromatic N) is 1. The number of carbonyl (C=O) groups is 3. The third-order valence-electron chi connectivity index (χ3n) is 8.62. The number of imide groups is 1. The first-order valence-electron chi connectivity index (χ1n) is 14.3. The number of allylic oxidation sites excluding steroid dienone is 3. The van der Waals surface area contributed by atoms with E-state index in [1.807, 2.05) is 44.2 Å². The molecule has 5 unspecified atom stereocenters. The summed E-state index contributed by atoms with van der Waals surface area (Å²) in [7, 11) is 0. The van der Waals surface area contributed by atoms with Crippen LogP contribution in [-0.2, 0) is 25.7 Å². The molecule has 2 amide bonds. The summed E-state index contributed by atoms with van der Waals surface area (Å²) in [5, 5.41) is 0. The molecule has 3 aliphatic rings. The first kappa shape index (κ1) is 28.3. The number of rotatable bonds is 13. The highest BCUT2D eigenvalue weighted by molar-refractivity contribution is 5.98. The van der Waals surface area contributed by atoms with Crippen molar-refractivity contribution in [3.8, 4) is 0 Å². The van der Waals surface area contributed by atoms with Crippen molar-refractivity contribution in [2.24, 2.45) is 29.1 Å². The zero-order valence-electron chi connectivity index (χ0n) is 23.4. The lowest BCUT2D eigenvalue weighted by Gasteiger charge is -2.30. The molecule has 0 N–H and O–H groups in total. The lowest BCUT2D eigenvalue weighted by Crippen LogP contribution is -2.44. The maximum Gasteiger partial charge on any atom is 0.417 e. The molecule has 2 fully saturated rings. The lowest BCUT2D eigenvalue weighted by molar-refractivity contribution is -0.137. The molecule has 1 aliphatic heterocycles. The van der Waals surface area contributed by atoms with Crippen molar-refractivity contribution in [3.63, 3.8) is 0 Å². The van der Waals surface area contributed by atoms with Gasteiger partial charge in [0, 0.05) is 11.8 Å². The fourth-order valence-corrected chi connectivity index (χ4v) is 5.70. The summed E-state index contributed by atoms with van der Waals surface area (Å²) in [5.41, 5.74) is 1.62. The van der Waals surface area contributed by atoms with E-state index in [-0.39, 0.29) is 42.1 Å². The average molecular weight is 522 g/mol. The Hall–Kier alpha value is -2.73. The first-order chi connectivity index (χ1) is 18.2. The van der Waals surface area contributed by atoms with E-state index in [9.17, 15) is 14.4 Å². The van der Waals surface area contributed by atoms with Crippen molar-refractivity contribution in [3.05, 3.63) is 59.7 Å². The van der Waals surface area contributed by atoms with Gasteiger partial charge in [-0.25, -0.2) is 9.69 Å². The predicted molar refractivity (Wildman–Crippen MR) is 147 cm³/mol. The Kier molecular flexibility index (Phi) is 9.24. The summed E-state index contributed by atoms with van der Waals surface area (Å²) in [6, 6.07) is 9.67. The van der Waals surface area contributed by atoms with E-state index in [0.717, 1.165) is 36.8 Å². The van der Waals surface area contributed by atoms with Crippen LogP contribution in [0.1, 0.15) is 71.8 Å². The van der Waals surface area contributed by atoms with Gasteiger partial charge in [-0.05, 0) is 55.9 Å². The zero-order chi connectivity index (χ0) is 27.3. The SMILES string of the molecule is CCC(C)C(=O)C(COCc1ccccc1)C(C)CC1(C(=O)N2C(=O)OCC2CC2=CCC(C)C=C2)CC1. The molecule has 1 aromatic rings. The molecule has 2 aliphatic carbocycles. The highest BCUT2D eigenvalue weighted by Gasteiger charge is 2.56. The Morgan fingerprint density at radius 2 is 1.92 bits per heavy atom. The normalized spacial score (nSPS) is 24.4. The maximum atomic E-state index is 13.8. The van der Waals surface area contributed by atoms with Gasteiger partial charge in [-0.1, -0.05) is 81.8 Å². The van der Waals surface area contributed by atoms with Crippen molar-refractivity contribution < 1.29 is 23.9 Å². The van der Waals surface area contributed by atoms with Crippen LogP contribution in [0, 0.1) is 29.1 Å². The Morgan fingerprint density at radius 3 is 2.55 bits per heavy atom. The summed E-state index contributed by atoms with van der Waals surface area (Å²) >= 11 is 0. The van der Waals surface area contributed by atoms with Gasteiger partial charge in [0.05, 0.1) is 24.7 Å². The van der Waals surface area contributed by atoms with Crippen LogP contribution in [0.2, 0.25) is 0 Å². The van der Waals surface area contributed by atoms with Gasteiger partial charge in [0.25, 0.3) is 0 Å². The van der Waals surface area contributed by atoms with E-state index in [4.69, 9.17) is 9.47 Å². The van der Waals surface area contributed by atoms with Gasteiger partial charge < -0.3 is 9.47 Å². The van der Waals surface area contributed by atoms with Crippen LogP contribution in [0.25, 0.3) is 0 Å². The van der Waals surface area contributed by atoms with Crippen molar-refractivity contribution in [1.29, 1.82) is 0 Å². The summed E-state index contributed by atoms with van der Waals surface area (Å²) < 4.78 is 11.4. The molecule has 0 aromatic heterocycles. The van der Waals surface area contributed by atoms with Crippen molar-refractivity contribution in [2.45, 2.75) is 78.9 Å². The van der Waals surface area contributed by atoms with Crippen LogP contribution < -0.4 is 0 Å². The molecule has 6 heteroatoms. The largest absolute Gasteiger partial charge is 0.447 e. The molecular weight excluding hydrogens is 478 g/mol. The fourth-order valence-electron chi connectivity index (χ4n) is 5.70. The van der Waals surface area contributed by atoms with Crippen molar-refractivity contribution in [2.75, 3.05) is 13.2 Å². The Bertz CT molecular complexity index is 1060. The summed E-state index contributed by atoms with van der Waals surface area (Å²) in [4.78, 5) is 41.3. The van der Waals surface area contributed by atoms with Gasteiger partial charge >= 0.3 is 6.09 Å². The molecule has 38 heavy (non-hydrogen) atoms. The number of hydrogen-bond acceptors (Lipinski definition) is 5. The summed E-state index contributed by atoms with van der Waals surface area (Å²) in [5.74, 6) is 0.176. The number of benzene rings is 1. The molecule has 1 saturated carbocycles. The standard InChI is InChI=1S/C32H43NO5/c1-5-23(3)29(34)28(21-37-19-26-9-7-6-8-10-26)24(4)18-32(15-16-32)30(35)33-27(20-38-31(33)36)17-25-13-11-22(2)12-14-25/h6-11,13-14,22-24,27-28H,5,12,15-21H2,1-4H3. The maximum absolute atomic E-state index is 13.8. The van der Waals surface area contributed by atoms with E-state index >= 15 is 0 Å². The van der Waals surface area contributed by atoms with Crippen LogP contribution in [0.4, 0.5) is 4.79 Å². The third-order valence-corrected chi connectivity index (χ3v) is 8.62. The highest BCUT2D eigenvalue weighted by Crippen LogP contribution is 2.54. The molecule has 0 bridgehead atoms. The summed E-state index contributed by atoms with van der Waals surface area (Å²) in [6.07, 6.45) is 10.4. The third kappa shape index (κ3) is 6.63. The topological polar surface area (TPSA) is 72.9 Å². The van der Waals surface area contributed by atoms with Crippen LogP contribution >= 0.6 is 0 Å². The minimum absolute atomic E-state index is 0.0405. The summed E-state index contributed by atoms with van der Waals surface area (Å²) in [6.45, 7) is 9.24. The fraction of sp³-hybridized carbons (Fsp3) is 0.594. The van der Waals surface area contributed by atoms with Crippen molar-refractivity contribution in [1.82, 2.24) is 4.90 Å². The zero-order valence-corrected chi connectivity index (χ0v) is 23.4. The molecular formula is C32H43NO5. The predicted octanol–water partition coefficient (Wildman–Crippen LogP) is 6.50. The van der Waals surface area contributed by atoms with E-state index in [0.29, 0.717) is 32.0 Å². The number of hydrogen-bond donors (Lipinski definition) is 0. The van der Waals surface area contributed by atoms with E-state index in [1.165, 1.54) is 4.90 Å². The molecule has 5 atom stereocenters. The Labute approximate surface area is 227 Å². The average Bonchev–Trinajstić information content (AvgIpc) is 3.62. The number of carbonyl (C=O) groups excluding carboxylic acids is 3. The highest BCUT2D eigenvalue weighted by atomic mass is 16.6. The lowest BCUT2D eigenvalue weighted by atomic mass is 9.78. The van der Waals surface area contributed by atoms with Crippen molar-refractivity contribution >= 4 is 17.8 Å². The molecule has 1 saturated heterocycles. The molecule has 1 heterocycles. The van der Waals surface area contributed by atoms with Crippen LogP contribution in [-0.4, -0.2) is 41.9 Å². The van der Waals surface area contributed by atoms with Crippen LogP contribution in [0.3, 0.4) is 0 Å². The van der Waals surface area contributed by atoms with Gasteiger partial charge in [-0.2, -0.15) is 0 Å². The molecule has 1 aromatic carbocycles. The van der Waals surface area contributed by atoms with Gasteiger partial charge in [-0.3, -0.25) is 9.59 Å². The van der Waals surface area contributed by atoms with Crippen LogP contribution in [0.5, 0.6) is 0 Å². The van der Waals surface area contributed by atoms with Crippen LogP contribution in [0.15, 0.2) is 54.1 Å². The Balaban J connectivity index is 1.42. The number of Topliss-reactive ketones (excluding diaryl/α,β-unsaturated/α-hetero) is 1. The monoisotopic (exact) mass is 521 g/mol. The smallest absolute Gasteiger partial charge is 0.417 e. The number of cyclic esters (lactones) is 1. The van der Waals surface area contributed by atoms with E-state index in [2.05, 4.69) is 32.1 Å². The molecule has 6 nitrogen and oxygen atoms in total. The molecule has 0 spiro atoms.